The molecule has 1 aromatic heterocycles. The minimum absolute atomic E-state index is 0.168. The van der Waals surface area contributed by atoms with Gasteiger partial charge < -0.3 is 15.2 Å². The molecule has 0 atom stereocenters. The van der Waals surface area contributed by atoms with E-state index in [1.165, 1.54) is 19.4 Å². The molecule has 1 amide bonds. The number of nitrogens with two attached hydrogens (primary N) is 1. The molecule has 0 aliphatic carbocycles. The molecule has 1 heterocycles. The second-order valence-electron chi connectivity index (χ2n) is 5.34. The maximum atomic E-state index is 13.7. The van der Waals surface area contributed by atoms with Crippen LogP contribution in [0, 0.1) is 11.6 Å². The van der Waals surface area contributed by atoms with Crippen LogP contribution in [0.15, 0.2) is 48.7 Å². The van der Waals surface area contributed by atoms with Crippen LogP contribution in [-0.2, 0) is 6.61 Å². The number of halogens is 2. The van der Waals surface area contributed by atoms with E-state index < -0.39 is 17.7 Å². The molecule has 0 aliphatic heterocycles. The second-order valence-corrected chi connectivity index (χ2v) is 5.34. The minimum atomic E-state index is -0.699. The fourth-order valence-electron chi connectivity index (χ4n) is 2.37. The van der Waals surface area contributed by atoms with Crippen molar-refractivity contribution >= 4 is 6.03 Å². The van der Waals surface area contributed by atoms with E-state index in [-0.39, 0.29) is 12.2 Å². The van der Waals surface area contributed by atoms with E-state index in [1.54, 1.807) is 24.3 Å². The van der Waals surface area contributed by atoms with Crippen LogP contribution >= 0.6 is 0 Å². The minimum Gasteiger partial charge on any atom is -0.493 e. The van der Waals surface area contributed by atoms with E-state index >= 15 is 0 Å². The number of carbonyl (C=O) groups excluding carboxylic acids is 1. The Morgan fingerprint density at radius 3 is 2.50 bits per heavy atom. The van der Waals surface area contributed by atoms with Crippen LogP contribution in [0.5, 0.6) is 11.5 Å². The Balaban J connectivity index is 1.83. The van der Waals surface area contributed by atoms with Crippen LogP contribution in [0.4, 0.5) is 13.6 Å². The smallest absolute Gasteiger partial charge is 0.339 e. The van der Waals surface area contributed by atoms with Crippen molar-refractivity contribution in [2.24, 2.45) is 5.73 Å². The van der Waals surface area contributed by atoms with Gasteiger partial charge in [-0.3, -0.25) is 0 Å². The number of methoxy groups -OCH3 is 1. The molecule has 3 rings (SSSR count). The van der Waals surface area contributed by atoms with E-state index in [9.17, 15) is 13.6 Å². The molecular formula is C18H15F2N3O3. The van der Waals surface area contributed by atoms with E-state index in [0.29, 0.717) is 22.8 Å². The predicted molar refractivity (Wildman–Crippen MR) is 89.9 cm³/mol. The van der Waals surface area contributed by atoms with E-state index in [4.69, 9.17) is 15.2 Å². The Kier molecular flexibility index (Phi) is 4.83. The molecule has 2 aromatic carbocycles. The SMILES string of the molecule is COc1cc(-c2ccn(C(N)=O)n2)ccc1OCc1c(F)cccc1F. The third-order valence-corrected chi connectivity index (χ3v) is 3.71. The molecule has 134 valence electrons. The van der Waals surface area contributed by atoms with Crippen LogP contribution < -0.4 is 15.2 Å². The van der Waals surface area contributed by atoms with Crippen molar-refractivity contribution in [3.05, 3.63) is 65.9 Å². The second kappa shape index (κ2) is 7.22. The number of amides is 1. The highest BCUT2D eigenvalue weighted by atomic mass is 19.1. The van der Waals surface area contributed by atoms with Gasteiger partial charge in [0.1, 0.15) is 18.2 Å². The van der Waals surface area contributed by atoms with Gasteiger partial charge in [0.15, 0.2) is 11.5 Å². The van der Waals surface area contributed by atoms with Crippen molar-refractivity contribution in [2.45, 2.75) is 6.61 Å². The zero-order valence-electron chi connectivity index (χ0n) is 13.8. The van der Waals surface area contributed by atoms with Gasteiger partial charge in [0.05, 0.1) is 18.4 Å². The fourth-order valence-corrected chi connectivity index (χ4v) is 2.37. The average molecular weight is 359 g/mol. The Morgan fingerprint density at radius 1 is 1.15 bits per heavy atom. The van der Waals surface area contributed by atoms with Crippen LogP contribution in [0.1, 0.15) is 5.56 Å². The Hall–Kier alpha value is -3.42. The highest BCUT2D eigenvalue weighted by Crippen LogP contribution is 2.32. The molecule has 3 aromatic rings. The largest absolute Gasteiger partial charge is 0.493 e. The Bertz CT molecular complexity index is 936. The maximum Gasteiger partial charge on any atom is 0.339 e. The molecule has 26 heavy (non-hydrogen) atoms. The number of benzene rings is 2. The quantitative estimate of drug-likeness (QED) is 0.758. The first-order chi connectivity index (χ1) is 12.5. The topological polar surface area (TPSA) is 79.4 Å². The van der Waals surface area contributed by atoms with Crippen molar-refractivity contribution in [2.75, 3.05) is 7.11 Å². The molecule has 0 unspecified atom stereocenters. The van der Waals surface area contributed by atoms with Crippen LogP contribution in [0.25, 0.3) is 11.3 Å². The summed E-state index contributed by atoms with van der Waals surface area (Å²) < 4.78 is 39.2. The molecular weight excluding hydrogens is 344 g/mol. The van der Waals surface area contributed by atoms with Gasteiger partial charge in [0.2, 0.25) is 0 Å². The summed E-state index contributed by atoms with van der Waals surface area (Å²) in [5.74, 6) is -0.698. The van der Waals surface area contributed by atoms with Crippen molar-refractivity contribution in [3.63, 3.8) is 0 Å². The Labute approximate surface area is 147 Å². The normalized spacial score (nSPS) is 10.6. The van der Waals surface area contributed by atoms with Gasteiger partial charge in [-0.2, -0.15) is 9.78 Å². The fraction of sp³-hybridized carbons (Fsp3) is 0.111. The molecule has 0 saturated heterocycles. The Morgan fingerprint density at radius 2 is 1.88 bits per heavy atom. The van der Waals surface area contributed by atoms with Crippen molar-refractivity contribution in [1.82, 2.24) is 9.78 Å². The number of hydrogen-bond acceptors (Lipinski definition) is 4. The monoisotopic (exact) mass is 359 g/mol. The van der Waals surface area contributed by atoms with Crippen molar-refractivity contribution in [1.29, 1.82) is 0 Å². The summed E-state index contributed by atoms with van der Waals surface area (Å²) in [7, 11) is 1.44. The summed E-state index contributed by atoms with van der Waals surface area (Å²) in [5.41, 5.74) is 6.16. The summed E-state index contributed by atoms with van der Waals surface area (Å²) in [6.07, 6.45) is 1.44. The third kappa shape index (κ3) is 3.49. The molecule has 0 bridgehead atoms. The first-order valence-corrected chi connectivity index (χ1v) is 7.59. The van der Waals surface area contributed by atoms with Crippen LogP contribution in [-0.4, -0.2) is 22.9 Å². The van der Waals surface area contributed by atoms with E-state index in [2.05, 4.69) is 5.10 Å². The summed E-state index contributed by atoms with van der Waals surface area (Å²) >= 11 is 0. The maximum absolute atomic E-state index is 13.7. The van der Waals surface area contributed by atoms with E-state index in [1.807, 2.05) is 0 Å². The van der Waals surface area contributed by atoms with Gasteiger partial charge in [-0.25, -0.2) is 13.6 Å². The van der Waals surface area contributed by atoms with Crippen molar-refractivity contribution in [3.8, 4) is 22.8 Å². The zero-order chi connectivity index (χ0) is 18.7. The number of aromatic nitrogens is 2. The van der Waals surface area contributed by atoms with Gasteiger partial charge in [-0.1, -0.05) is 6.07 Å². The third-order valence-electron chi connectivity index (χ3n) is 3.71. The lowest BCUT2D eigenvalue weighted by molar-refractivity contribution is 0.247. The van der Waals surface area contributed by atoms with Crippen LogP contribution in [0.3, 0.4) is 0 Å². The molecule has 0 aliphatic rings. The summed E-state index contributed by atoms with van der Waals surface area (Å²) in [6.45, 7) is -0.287. The summed E-state index contributed by atoms with van der Waals surface area (Å²) in [5, 5.41) is 4.05. The standard InChI is InChI=1S/C18H15F2N3O3/c1-25-17-9-11(15-7-8-23(22-15)18(21)24)5-6-16(17)26-10-12-13(19)3-2-4-14(12)20/h2-9H,10H2,1H3,(H2,21,24). The molecule has 0 spiro atoms. The van der Waals surface area contributed by atoms with Gasteiger partial charge in [-0.05, 0) is 36.4 Å². The number of primary amides is 1. The molecule has 0 fully saturated rings. The lowest BCUT2D eigenvalue weighted by Crippen LogP contribution is -2.19. The zero-order valence-corrected chi connectivity index (χ0v) is 13.8. The molecule has 2 N–H and O–H groups in total. The van der Waals surface area contributed by atoms with Gasteiger partial charge in [-0.15, -0.1) is 0 Å². The number of carbonyl (C=O) groups is 1. The molecule has 0 saturated carbocycles. The van der Waals surface area contributed by atoms with Crippen molar-refractivity contribution < 1.29 is 23.0 Å². The van der Waals surface area contributed by atoms with Crippen LogP contribution in [0.2, 0.25) is 0 Å². The van der Waals surface area contributed by atoms with Gasteiger partial charge in [0, 0.05) is 11.8 Å². The molecule has 6 nitrogen and oxygen atoms in total. The predicted octanol–water partition coefficient (Wildman–Crippen LogP) is 3.34. The highest BCUT2D eigenvalue weighted by Gasteiger charge is 2.13. The number of rotatable bonds is 5. The lowest BCUT2D eigenvalue weighted by Gasteiger charge is -2.12. The van der Waals surface area contributed by atoms with Gasteiger partial charge in [0.25, 0.3) is 0 Å². The summed E-state index contributed by atoms with van der Waals surface area (Å²) in [4.78, 5) is 11.1. The highest BCUT2D eigenvalue weighted by molar-refractivity contribution is 5.75. The number of ether oxygens (including phenoxy) is 2. The molecule has 0 radical (unpaired) electrons. The lowest BCUT2D eigenvalue weighted by atomic mass is 10.1. The number of hydrogen-bond donors (Lipinski definition) is 1. The van der Waals surface area contributed by atoms with Gasteiger partial charge >= 0.3 is 6.03 Å². The molecule has 8 heteroatoms. The first-order valence-electron chi connectivity index (χ1n) is 7.59. The summed E-state index contributed by atoms with van der Waals surface area (Å²) in [6, 6.07) is 9.45. The van der Waals surface area contributed by atoms with E-state index in [0.717, 1.165) is 16.8 Å². The number of nitrogens with zero attached hydrogens (tertiary/aromatic N) is 2. The first kappa shape index (κ1) is 17.4. The average Bonchev–Trinajstić information content (AvgIpc) is 3.12.